The summed E-state index contributed by atoms with van der Waals surface area (Å²) in [6.45, 7) is 11.0. The van der Waals surface area contributed by atoms with Crippen LogP contribution in [0.1, 0.15) is 144 Å². The van der Waals surface area contributed by atoms with Gasteiger partial charge >= 0.3 is 11.9 Å². The van der Waals surface area contributed by atoms with E-state index in [0.29, 0.717) is 19.4 Å². The molecule has 0 fully saturated rings. The number of esters is 2. The van der Waals surface area contributed by atoms with Gasteiger partial charge in [-0.3, -0.25) is 9.59 Å². The second-order valence-corrected chi connectivity index (χ2v) is 10.1. The fourth-order valence-electron chi connectivity index (χ4n) is 3.85. The van der Waals surface area contributed by atoms with Gasteiger partial charge in [-0.1, -0.05) is 112 Å². The molecule has 0 aliphatic carbocycles. The average molecular weight is 441 g/mol. The Labute approximate surface area is 193 Å². The van der Waals surface area contributed by atoms with Gasteiger partial charge in [0.05, 0.1) is 6.61 Å². The first-order valence-electron chi connectivity index (χ1n) is 13.2. The summed E-state index contributed by atoms with van der Waals surface area (Å²) in [5.41, 5.74) is -0.0583. The molecule has 0 aliphatic heterocycles. The van der Waals surface area contributed by atoms with Crippen LogP contribution in [0.5, 0.6) is 0 Å². The molecule has 184 valence electrons. The summed E-state index contributed by atoms with van der Waals surface area (Å²) < 4.78 is 10.8. The SMILES string of the molecule is CCCCCCCCCCCCCCCOC(=O)CCCC(=O)OC(CC)C(C)(C)C. The van der Waals surface area contributed by atoms with Crippen molar-refractivity contribution >= 4 is 11.9 Å². The number of carbonyl (C=O) groups excluding carboxylic acids is 2. The van der Waals surface area contributed by atoms with E-state index in [2.05, 4.69) is 27.7 Å². The summed E-state index contributed by atoms with van der Waals surface area (Å²) >= 11 is 0. The highest BCUT2D eigenvalue weighted by Crippen LogP contribution is 2.25. The first-order valence-corrected chi connectivity index (χ1v) is 13.2. The lowest BCUT2D eigenvalue weighted by atomic mass is 9.87. The number of rotatable bonds is 20. The van der Waals surface area contributed by atoms with E-state index in [1.807, 2.05) is 6.92 Å². The normalized spacial score (nSPS) is 12.5. The standard InChI is InChI=1S/C27H52O4/c1-6-8-9-10-11-12-13-14-15-16-17-18-19-23-30-25(28)21-20-22-26(29)31-24(7-2)27(3,4)5/h24H,6-23H2,1-5H3. The number of hydrogen-bond donors (Lipinski definition) is 0. The van der Waals surface area contributed by atoms with Crippen LogP contribution in [-0.2, 0) is 19.1 Å². The van der Waals surface area contributed by atoms with E-state index >= 15 is 0 Å². The van der Waals surface area contributed by atoms with Crippen molar-refractivity contribution in [2.45, 2.75) is 150 Å². The molecule has 0 aromatic carbocycles. The third kappa shape index (κ3) is 19.4. The third-order valence-corrected chi connectivity index (χ3v) is 5.88. The lowest BCUT2D eigenvalue weighted by Gasteiger charge is -2.29. The molecule has 1 unspecified atom stereocenters. The Bertz CT molecular complexity index is 439. The van der Waals surface area contributed by atoms with Crippen LogP contribution in [-0.4, -0.2) is 24.6 Å². The Morgan fingerprint density at radius 1 is 0.645 bits per heavy atom. The third-order valence-electron chi connectivity index (χ3n) is 5.88. The molecule has 0 saturated heterocycles. The molecule has 0 aliphatic rings. The number of ether oxygens (including phenoxy) is 2. The molecule has 4 heteroatoms. The van der Waals surface area contributed by atoms with Gasteiger partial charge in [0.1, 0.15) is 6.10 Å². The topological polar surface area (TPSA) is 52.6 Å². The second kappa shape index (κ2) is 19.6. The van der Waals surface area contributed by atoms with E-state index in [1.165, 1.54) is 70.6 Å². The van der Waals surface area contributed by atoms with Crippen LogP contribution >= 0.6 is 0 Å². The van der Waals surface area contributed by atoms with Crippen molar-refractivity contribution in [3.8, 4) is 0 Å². The smallest absolute Gasteiger partial charge is 0.306 e. The zero-order valence-electron chi connectivity index (χ0n) is 21.4. The van der Waals surface area contributed by atoms with Crippen LogP contribution in [0.4, 0.5) is 0 Å². The van der Waals surface area contributed by atoms with Crippen LogP contribution in [0, 0.1) is 5.41 Å². The first-order chi connectivity index (χ1) is 14.8. The van der Waals surface area contributed by atoms with Crippen LogP contribution in [0.2, 0.25) is 0 Å². The van der Waals surface area contributed by atoms with Crippen molar-refractivity contribution in [3.63, 3.8) is 0 Å². The molecule has 0 bridgehead atoms. The van der Waals surface area contributed by atoms with E-state index in [-0.39, 0.29) is 29.9 Å². The van der Waals surface area contributed by atoms with Crippen molar-refractivity contribution in [2.24, 2.45) is 5.41 Å². The molecule has 31 heavy (non-hydrogen) atoms. The van der Waals surface area contributed by atoms with Crippen molar-refractivity contribution in [3.05, 3.63) is 0 Å². The molecular weight excluding hydrogens is 388 g/mol. The highest BCUT2D eigenvalue weighted by molar-refractivity contribution is 5.72. The van der Waals surface area contributed by atoms with Gasteiger partial charge < -0.3 is 9.47 Å². The molecule has 0 rings (SSSR count). The Morgan fingerprint density at radius 2 is 1.10 bits per heavy atom. The molecule has 1 atom stereocenters. The van der Waals surface area contributed by atoms with Gasteiger partial charge in [0, 0.05) is 12.8 Å². The number of hydrogen-bond acceptors (Lipinski definition) is 4. The van der Waals surface area contributed by atoms with E-state index < -0.39 is 0 Å². The minimum absolute atomic E-state index is 0.0583. The van der Waals surface area contributed by atoms with Gasteiger partial charge in [-0.2, -0.15) is 0 Å². The molecule has 0 heterocycles. The average Bonchev–Trinajstić information content (AvgIpc) is 2.71. The molecule has 0 aromatic rings. The quantitative estimate of drug-likeness (QED) is 0.141. The maximum atomic E-state index is 12.0. The van der Waals surface area contributed by atoms with Crippen molar-refractivity contribution in [2.75, 3.05) is 6.61 Å². The van der Waals surface area contributed by atoms with Crippen LogP contribution in [0.25, 0.3) is 0 Å². The Morgan fingerprint density at radius 3 is 1.55 bits per heavy atom. The van der Waals surface area contributed by atoms with Crippen molar-refractivity contribution in [1.29, 1.82) is 0 Å². The largest absolute Gasteiger partial charge is 0.466 e. The van der Waals surface area contributed by atoms with E-state index in [0.717, 1.165) is 19.3 Å². The highest BCUT2D eigenvalue weighted by Gasteiger charge is 2.26. The summed E-state index contributed by atoms with van der Waals surface area (Å²) in [7, 11) is 0. The Kier molecular flexibility index (Phi) is 18.9. The molecule has 0 saturated carbocycles. The molecule has 0 N–H and O–H groups in total. The summed E-state index contributed by atoms with van der Waals surface area (Å²) in [6, 6.07) is 0. The minimum Gasteiger partial charge on any atom is -0.466 e. The van der Waals surface area contributed by atoms with Crippen LogP contribution < -0.4 is 0 Å². The highest BCUT2D eigenvalue weighted by atomic mass is 16.5. The lowest BCUT2D eigenvalue weighted by molar-refractivity contribution is -0.155. The number of unbranched alkanes of at least 4 members (excludes halogenated alkanes) is 12. The Hall–Kier alpha value is -1.06. The zero-order chi connectivity index (χ0) is 23.4. The summed E-state index contributed by atoms with van der Waals surface area (Å²) in [5, 5.41) is 0. The Balaban J connectivity index is 3.46. The van der Waals surface area contributed by atoms with E-state index in [1.54, 1.807) is 0 Å². The first kappa shape index (κ1) is 29.9. The summed E-state index contributed by atoms with van der Waals surface area (Å²) in [4.78, 5) is 23.8. The fraction of sp³-hybridized carbons (Fsp3) is 0.926. The van der Waals surface area contributed by atoms with Gasteiger partial charge in [-0.05, 0) is 24.7 Å². The molecular formula is C27H52O4. The predicted molar refractivity (Wildman–Crippen MR) is 130 cm³/mol. The second-order valence-electron chi connectivity index (χ2n) is 10.1. The number of carbonyl (C=O) groups is 2. The maximum absolute atomic E-state index is 12.0. The maximum Gasteiger partial charge on any atom is 0.306 e. The minimum atomic E-state index is -0.217. The van der Waals surface area contributed by atoms with E-state index in [9.17, 15) is 9.59 Å². The van der Waals surface area contributed by atoms with Crippen LogP contribution in [0.15, 0.2) is 0 Å². The van der Waals surface area contributed by atoms with Gasteiger partial charge in [0.25, 0.3) is 0 Å². The zero-order valence-corrected chi connectivity index (χ0v) is 21.4. The monoisotopic (exact) mass is 440 g/mol. The van der Waals surface area contributed by atoms with Crippen molar-refractivity contribution in [1.82, 2.24) is 0 Å². The van der Waals surface area contributed by atoms with Crippen LogP contribution in [0.3, 0.4) is 0 Å². The summed E-state index contributed by atoms with van der Waals surface area (Å²) in [5.74, 6) is -0.416. The molecule has 4 nitrogen and oxygen atoms in total. The summed E-state index contributed by atoms with van der Waals surface area (Å²) in [6.07, 6.45) is 18.8. The van der Waals surface area contributed by atoms with E-state index in [4.69, 9.17) is 9.47 Å². The predicted octanol–water partition coefficient (Wildman–Crippen LogP) is 8.16. The lowest BCUT2D eigenvalue weighted by Crippen LogP contribution is -2.31. The molecule has 0 amide bonds. The molecule has 0 radical (unpaired) electrons. The van der Waals surface area contributed by atoms with Gasteiger partial charge in [-0.15, -0.1) is 0 Å². The van der Waals surface area contributed by atoms with Gasteiger partial charge in [-0.25, -0.2) is 0 Å². The van der Waals surface area contributed by atoms with Gasteiger partial charge in [0.2, 0.25) is 0 Å². The van der Waals surface area contributed by atoms with Gasteiger partial charge in [0.15, 0.2) is 0 Å². The fourth-order valence-corrected chi connectivity index (χ4v) is 3.85. The molecule has 0 aromatic heterocycles. The molecule has 0 spiro atoms. The van der Waals surface area contributed by atoms with Crippen molar-refractivity contribution < 1.29 is 19.1 Å².